The second-order valence-electron chi connectivity index (χ2n) is 25.7. The van der Waals surface area contributed by atoms with E-state index in [1.165, 1.54) is 47.5 Å². The zero-order valence-electron chi connectivity index (χ0n) is 50.2. The number of hydrogen-bond donors (Lipinski definition) is 3. The highest BCUT2D eigenvalue weighted by Gasteiger charge is 2.49. The molecule has 466 valence electrons. The Labute approximate surface area is 511 Å². The first-order valence-electron chi connectivity index (χ1n) is 30.1. The summed E-state index contributed by atoms with van der Waals surface area (Å²) in [5.41, 5.74) is -0.598. The summed E-state index contributed by atoms with van der Waals surface area (Å²) >= 11 is 0. The third kappa shape index (κ3) is 11.8. The van der Waals surface area contributed by atoms with Gasteiger partial charge < -0.3 is 44.2 Å². The maximum atomic E-state index is 17.4. The minimum atomic E-state index is -1.04. The van der Waals surface area contributed by atoms with Crippen molar-refractivity contribution in [3.05, 3.63) is 119 Å². The van der Waals surface area contributed by atoms with E-state index >= 15 is 8.78 Å². The summed E-state index contributed by atoms with van der Waals surface area (Å²) in [7, 11) is 0. The number of aliphatic hydroxyl groups excluding tert-OH is 1. The van der Waals surface area contributed by atoms with Gasteiger partial charge in [0.25, 0.3) is 0 Å². The van der Waals surface area contributed by atoms with Gasteiger partial charge in [-0.3, -0.25) is 24.4 Å². The number of pyridine rings is 1. The van der Waals surface area contributed by atoms with Crippen molar-refractivity contribution in [2.75, 3.05) is 68.8 Å². The molecule has 23 heteroatoms. The molecular weight excluding hydrogens is 1160 g/mol. The number of terminal acetylenes is 1. The number of β-amino-alcohol motifs (C(OH)–C–C–N with tert-alkyl or cyclic N) is 1. The lowest BCUT2D eigenvalue weighted by atomic mass is 9.72. The number of hydrogen-bond acceptors (Lipinski definition) is 15. The van der Waals surface area contributed by atoms with Crippen LogP contribution in [0.1, 0.15) is 102 Å². The molecule has 89 heavy (non-hydrogen) atoms. The number of anilines is 2. The molecule has 0 saturated carbocycles. The Kier molecular flexibility index (Phi) is 16.2. The maximum absolute atomic E-state index is 17.4. The van der Waals surface area contributed by atoms with Crippen molar-refractivity contribution < 1.29 is 60.5 Å². The fourth-order valence-corrected chi connectivity index (χ4v) is 13.7. The molecule has 2 bridgehead atoms. The number of piperidine rings is 1. The zero-order valence-corrected chi connectivity index (χ0v) is 50.2. The van der Waals surface area contributed by atoms with E-state index in [9.17, 15) is 37.8 Å². The lowest BCUT2D eigenvalue weighted by molar-refractivity contribution is -0.141. The summed E-state index contributed by atoms with van der Waals surface area (Å²) in [5, 5.41) is 29.8. The van der Waals surface area contributed by atoms with Crippen LogP contribution in [0.2, 0.25) is 0 Å². The van der Waals surface area contributed by atoms with Crippen molar-refractivity contribution in [3.8, 4) is 46.5 Å². The number of nitrogens with one attached hydrogen (secondary N) is 1. The molecule has 8 heterocycles. The number of likely N-dealkylation sites (tertiary alicyclic amines) is 2. The molecule has 0 aliphatic carbocycles. The number of ether oxygens (including phenoxy) is 2. The van der Waals surface area contributed by atoms with Crippen LogP contribution in [0.4, 0.5) is 38.4 Å². The Bertz CT molecular complexity index is 3910. The van der Waals surface area contributed by atoms with Crippen molar-refractivity contribution in [2.45, 2.75) is 115 Å². The quantitative estimate of drug-likeness (QED) is 0.0685. The second-order valence-corrected chi connectivity index (χ2v) is 25.7. The van der Waals surface area contributed by atoms with Crippen LogP contribution in [-0.4, -0.2) is 152 Å². The number of fused-ring (bicyclic) bond motifs is 4. The van der Waals surface area contributed by atoms with Gasteiger partial charge in [0.2, 0.25) is 11.8 Å². The van der Waals surface area contributed by atoms with Crippen molar-refractivity contribution in [3.63, 3.8) is 0 Å². The van der Waals surface area contributed by atoms with Crippen molar-refractivity contribution in [1.82, 2.24) is 40.1 Å². The van der Waals surface area contributed by atoms with Crippen LogP contribution in [0, 0.1) is 52.8 Å². The van der Waals surface area contributed by atoms with Gasteiger partial charge in [0.15, 0.2) is 17.4 Å². The van der Waals surface area contributed by atoms with Gasteiger partial charge in [-0.25, -0.2) is 26.7 Å². The molecule has 7 aromatic rings. The number of carbonyl (C=O) groups is 3. The van der Waals surface area contributed by atoms with Crippen LogP contribution < -0.4 is 19.9 Å². The summed E-state index contributed by atoms with van der Waals surface area (Å²) in [4.78, 5) is 65.5. The van der Waals surface area contributed by atoms with E-state index in [4.69, 9.17) is 25.4 Å². The van der Waals surface area contributed by atoms with Crippen molar-refractivity contribution >= 4 is 51.2 Å². The summed E-state index contributed by atoms with van der Waals surface area (Å²) < 4.78 is 93.2. The number of amides is 3. The van der Waals surface area contributed by atoms with Gasteiger partial charge in [-0.15, -0.1) is 6.42 Å². The average Bonchev–Trinajstić information content (AvgIpc) is 1.46. The monoisotopic (exact) mass is 1220 g/mol. The van der Waals surface area contributed by atoms with Gasteiger partial charge >= 0.3 is 12.1 Å². The van der Waals surface area contributed by atoms with E-state index < -0.39 is 70.8 Å². The van der Waals surface area contributed by atoms with E-state index in [1.54, 1.807) is 30.0 Å². The van der Waals surface area contributed by atoms with Gasteiger partial charge in [0.1, 0.15) is 70.2 Å². The normalized spacial score (nSPS) is 20.7. The van der Waals surface area contributed by atoms with E-state index in [1.807, 2.05) is 39.5 Å². The number of benzene rings is 4. The lowest BCUT2D eigenvalue weighted by Crippen LogP contribution is -2.60. The van der Waals surface area contributed by atoms with Gasteiger partial charge in [0.05, 0.1) is 40.7 Å². The van der Waals surface area contributed by atoms with Crippen LogP contribution >= 0.6 is 0 Å². The number of aliphatic hydroxyl groups is 1. The first-order chi connectivity index (χ1) is 42.4. The summed E-state index contributed by atoms with van der Waals surface area (Å²) in [6, 6.07) is 12.4. The van der Waals surface area contributed by atoms with Gasteiger partial charge in [0, 0.05) is 86.4 Å². The predicted molar refractivity (Wildman–Crippen MR) is 321 cm³/mol. The number of halogens is 5. The first-order valence-corrected chi connectivity index (χ1v) is 30.1. The zero-order chi connectivity index (χ0) is 63.0. The standard InChI is InChI=1S/C66H69F5N10O8/c1-8-45-48(68)16-13-39-23-43(82)26-46(55(39)45)58-57(71)59-47(29-72-58)60(78-30-41-14-15-42(31-78)81(41)64(86)88-65(5,6)7)75-63(74-59)87-22-21-77-19-17-66(18-20-77)33-79(34-66)53-28-52(89-76-53)54(35(2)3)62(85)80-32-44(83)27-51(80)61(84)73-36(4)37-9-11-38(12-10-37)56-49(69)24-40(67)25-50(56)70/h1,9-13,16,23-26,28-29,35-36,41-42,44,51,54,82-83H,14-15,17-22,27,30-34H2,2-7H3,(H,73,84)/t36-,41?,42?,44+,51-,54+/m0/s1. The molecule has 5 fully saturated rings. The van der Waals surface area contributed by atoms with Gasteiger partial charge in [-0.2, -0.15) is 9.97 Å². The summed E-state index contributed by atoms with van der Waals surface area (Å²) in [5.74, 6) is -3.12. The SMILES string of the molecule is C#Cc1c(F)ccc2cc(O)cc(-c3ncc4c(N5CC6CCC(C5)N6C(=O)OC(C)(C)C)nc(OCCN5CCC6(CC5)CN(c5cc([C@H](C(=O)N7C[C@H](O)C[C@H]7C(=O)N[C@@H](C)c7ccc(-c8c(F)cc(F)cc8F)cc7)C(C)C)on5)C6)nc4c3F)c12. The Morgan fingerprint density at radius 1 is 0.888 bits per heavy atom. The molecule has 6 atom stereocenters. The fraction of sp³-hybridized carbons (Fsp3) is 0.439. The van der Waals surface area contributed by atoms with E-state index in [0.717, 1.165) is 38.8 Å². The summed E-state index contributed by atoms with van der Waals surface area (Å²) in [6.45, 7) is 15.3. The second kappa shape index (κ2) is 23.7. The molecule has 3 amide bonds. The molecule has 5 aliphatic rings. The molecular formula is C66H69F5N10O8. The molecule has 5 saturated heterocycles. The predicted octanol–water partition coefficient (Wildman–Crippen LogP) is 10.0. The first kappa shape index (κ1) is 60.7. The number of aromatic nitrogens is 4. The molecule has 3 aromatic heterocycles. The molecule has 0 radical (unpaired) electrons. The summed E-state index contributed by atoms with van der Waals surface area (Å²) in [6.07, 6.45) is 9.15. The largest absolute Gasteiger partial charge is 0.508 e. The Hall–Kier alpha value is -8.62. The number of aromatic hydroxyl groups is 1. The van der Waals surface area contributed by atoms with Gasteiger partial charge in [-0.1, -0.05) is 55.3 Å². The van der Waals surface area contributed by atoms with Crippen molar-refractivity contribution in [1.29, 1.82) is 0 Å². The third-order valence-electron chi connectivity index (χ3n) is 18.1. The Morgan fingerprint density at radius 3 is 2.25 bits per heavy atom. The number of rotatable bonds is 14. The van der Waals surface area contributed by atoms with E-state index in [0.29, 0.717) is 78.6 Å². The highest BCUT2D eigenvalue weighted by Crippen LogP contribution is 2.45. The molecule has 1 spiro atoms. The lowest BCUT2D eigenvalue weighted by Gasteiger charge is -2.54. The Morgan fingerprint density at radius 2 is 1.58 bits per heavy atom. The highest BCUT2D eigenvalue weighted by atomic mass is 19.2. The average molecular weight is 1230 g/mol. The number of nitrogens with zero attached hydrogens (tertiary/aromatic N) is 9. The smallest absolute Gasteiger partial charge is 0.410 e. The van der Waals surface area contributed by atoms with Crippen LogP contribution in [-0.2, 0) is 14.3 Å². The third-order valence-corrected chi connectivity index (χ3v) is 18.1. The van der Waals surface area contributed by atoms with Crippen LogP contribution in [0.3, 0.4) is 0 Å². The number of phenolic OH excluding ortho intramolecular Hbond substituents is 1. The molecule has 18 nitrogen and oxygen atoms in total. The Balaban J connectivity index is 0.690. The van der Waals surface area contributed by atoms with E-state index in [2.05, 4.69) is 36.2 Å². The number of carbonyl (C=O) groups excluding carboxylic acids is 3. The minimum absolute atomic E-state index is 0.00773. The fourth-order valence-electron chi connectivity index (χ4n) is 13.7. The topological polar surface area (TPSA) is 203 Å². The highest BCUT2D eigenvalue weighted by molar-refractivity contribution is 6.03. The molecule has 5 aliphatic heterocycles. The van der Waals surface area contributed by atoms with Crippen LogP contribution in [0.15, 0.2) is 77.4 Å². The molecule has 3 N–H and O–H groups in total. The van der Waals surface area contributed by atoms with Crippen LogP contribution in [0.25, 0.3) is 44.1 Å². The van der Waals surface area contributed by atoms with Crippen molar-refractivity contribution in [2.24, 2.45) is 11.3 Å². The van der Waals surface area contributed by atoms with Gasteiger partial charge in [-0.05, 0) is 107 Å². The molecule has 12 rings (SSSR count). The molecule has 4 aromatic carbocycles. The maximum Gasteiger partial charge on any atom is 0.410 e. The number of piperazine rings is 1. The number of phenols is 1. The minimum Gasteiger partial charge on any atom is -0.508 e. The molecule has 2 unspecified atom stereocenters. The van der Waals surface area contributed by atoms with E-state index in [-0.39, 0.29) is 99.5 Å². The van der Waals surface area contributed by atoms with Crippen LogP contribution in [0.5, 0.6) is 11.8 Å².